The van der Waals surface area contributed by atoms with Gasteiger partial charge in [-0.3, -0.25) is 9.79 Å². The highest BCUT2D eigenvalue weighted by Crippen LogP contribution is 2.09. The molecule has 1 aliphatic rings. The van der Waals surface area contributed by atoms with E-state index in [0.717, 1.165) is 23.8 Å². The van der Waals surface area contributed by atoms with E-state index >= 15 is 0 Å². The van der Waals surface area contributed by atoms with Crippen molar-refractivity contribution in [2.75, 3.05) is 24.7 Å². The molecule has 4 heteroatoms. The number of hydrogen-bond donors (Lipinski definition) is 0. The summed E-state index contributed by atoms with van der Waals surface area (Å²) in [5.41, 5.74) is 0.977. The van der Waals surface area contributed by atoms with Gasteiger partial charge in [0.1, 0.15) is 0 Å². The summed E-state index contributed by atoms with van der Waals surface area (Å²) >= 11 is 1.82. The molecular formula is C8H13NO2S. The number of ether oxygens (including phenoxy) is 1. The zero-order valence-electron chi connectivity index (χ0n) is 7.21. The third-order valence-corrected chi connectivity index (χ3v) is 2.50. The predicted molar refractivity (Wildman–Crippen MR) is 50.9 cm³/mol. The molecule has 0 bridgehead atoms. The first-order chi connectivity index (χ1) is 5.83. The Labute approximate surface area is 76.6 Å². The molecular weight excluding hydrogens is 174 g/mol. The van der Waals surface area contributed by atoms with Crippen LogP contribution >= 0.6 is 11.8 Å². The van der Waals surface area contributed by atoms with Crippen LogP contribution in [0.1, 0.15) is 13.3 Å². The molecule has 0 spiro atoms. The maximum absolute atomic E-state index is 11.0. The van der Waals surface area contributed by atoms with Crippen molar-refractivity contribution in [2.45, 2.75) is 13.3 Å². The minimum Gasteiger partial charge on any atom is -0.466 e. The Morgan fingerprint density at radius 2 is 2.58 bits per heavy atom. The van der Waals surface area contributed by atoms with E-state index in [1.165, 1.54) is 0 Å². The summed E-state index contributed by atoms with van der Waals surface area (Å²) in [5, 5.41) is 0. The second kappa shape index (κ2) is 5.19. The summed E-state index contributed by atoms with van der Waals surface area (Å²) in [6.45, 7) is 3.12. The Bertz CT molecular complexity index is 191. The Hall–Kier alpha value is -0.510. The average molecular weight is 187 g/mol. The summed E-state index contributed by atoms with van der Waals surface area (Å²) in [4.78, 5) is 15.2. The minimum absolute atomic E-state index is 0.154. The van der Waals surface area contributed by atoms with Gasteiger partial charge in [-0.25, -0.2) is 0 Å². The van der Waals surface area contributed by atoms with Gasteiger partial charge >= 0.3 is 5.97 Å². The number of thioether (sulfide) groups is 1. The molecule has 0 aromatic heterocycles. The SMILES string of the molecule is CCOC(=O)CC1=NCCSC1. The molecule has 12 heavy (non-hydrogen) atoms. The highest BCUT2D eigenvalue weighted by Gasteiger charge is 2.10. The lowest BCUT2D eigenvalue weighted by Gasteiger charge is -2.10. The summed E-state index contributed by atoms with van der Waals surface area (Å²) in [5.74, 6) is 1.81. The Kier molecular flexibility index (Phi) is 4.14. The van der Waals surface area contributed by atoms with Crippen LogP contribution in [0.3, 0.4) is 0 Å². The van der Waals surface area contributed by atoms with Crippen LogP contribution in [0.15, 0.2) is 4.99 Å². The van der Waals surface area contributed by atoms with Crippen LogP contribution in [-0.4, -0.2) is 36.3 Å². The largest absolute Gasteiger partial charge is 0.466 e. The van der Waals surface area contributed by atoms with Gasteiger partial charge < -0.3 is 4.74 Å². The normalized spacial score (nSPS) is 16.9. The van der Waals surface area contributed by atoms with Crippen molar-refractivity contribution >= 4 is 23.4 Å². The Morgan fingerprint density at radius 3 is 3.17 bits per heavy atom. The molecule has 0 radical (unpaired) electrons. The highest BCUT2D eigenvalue weighted by atomic mass is 32.2. The van der Waals surface area contributed by atoms with E-state index in [9.17, 15) is 4.79 Å². The lowest BCUT2D eigenvalue weighted by molar-refractivity contribution is -0.141. The lowest BCUT2D eigenvalue weighted by atomic mass is 10.3. The molecule has 0 aliphatic carbocycles. The summed E-state index contributed by atoms with van der Waals surface area (Å²) in [7, 11) is 0. The van der Waals surface area contributed by atoms with E-state index in [4.69, 9.17) is 4.74 Å². The molecule has 0 amide bonds. The maximum atomic E-state index is 11.0. The van der Waals surface area contributed by atoms with Crippen LogP contribution in [0, 0.1) is 0 Å². The number of rotatable bonds is 3. The first-order valence-electron chi connectivity index (χ1n) is 4.08. The van der Waals surface area contributed by atoms with Gasteiger partial charge in [-0.2, -0.15) is 11.8 Å². The van der Waals surface area contributed by atoms with E-state index < -0.39 is 0 Å². The van der Waals surface area contributed by atoms with Crippen molar-refractivity contribution in [2.24, 2.45) is 4.99 Å². The molecule has 1 aliphatic heterocycles. The van der Waals surface area contributed by atoms with E-state index in [-0.39, 0.29) is 5.97 Å². The molecule has 0 aromatic rings. The molecule has 0 fully saturated rings. The zero-order chi connectivity index (χ0) is 8.81. The molecule has 0 unspecified atom stereocenters. The van der Waals surface area contributed by atoms with Gasteiger partial charge in [0.25, 0.3) is 0 Å². The lowest BCUT2D eigenvalue weighted by Crippen LogP contribution is -2.17. The average Bonchev–Trinajstić information content (AvgIpc) is 2.06. The Balaban J connectivity index is 2.29. The first kappa shape index (κ1) is 9.58. The molecule has 0 N–H and O–H groups in total. The number of esters is 1. The van der Waals surface area contributed by atoms with Gasteiger partial charge in [0.15, 0.2) is 0 Å². The van der Waals surface area contributed by atoms with Crippen molar-refractivity contribution in [3.8, 4) is 0 Å². The van der Waals surface area contributed by atoms with Gasteiger partial charge in [-0.15, -0.1) is 0 Å². The second-order valence-electron chi connectivity index (χ2n) is 2.48. The van der Waals surface area contributed by atoms with Crippen LogP contribution in [0.2, 0.25) is 0 Å². The summed E-state index contributed by atoms with van der Waals surface area (Å²) in [6, 6.07) is 0. The Morgan fingerprint density at radius 1 is 1.75 bits per heavy atom. The fourth-order valence-electron chi connectivity index (χ4n) is 0.989. The predicted octanol–water partition coefficient (Wildman–Crippen LogP) is 1.13. The van der Waals surface area contributed by atoms with Crippen molar-refractivity contribution in [3.63, 3.8) is 0 Å². The van der Waals surface area contributed by atoms with Crippen LogP contribution in [0.4, 0.5) is 0 Å². The molecule has 0 saturated heterocycles. The van der Waals surface area contributed by atoms with Crippen molar-refractivity contribution < 1.29 is 9.53 Å². The molecule has 1 heterocycles. The highest BCUT2D eigenvalue weighted by molar-refractivity contribution is 8.00. The summed E-state index contributed by atoms with van der Waals surface area (Å²) < 4.78 is 4.82. The third-order valence-electron chi connectivity index (χ3n) is 1.49. The van der Waals surface area contributed by atoms with E-state index in [2.05, 4.69) is 4.99 Å². The third kappa shape index (κ3) is 3.26. The molecule has 0 saturated carbocycles. The van der Waals surface area contributed by atoms with Gasteiger partial charge in [0.2, 0.25) is 0 Å². The van der Waals surface area contributed by atoms with Crippen molar-refractivity contribution in [3.05, 3.63) is 0 Å². The monoisotopic (exact) mass is 187 g/mol. The molecule has 3 nitrogen and oxygen atoms in total. The molecule has 1 rings (SSSR count). The maximum Gasteiger partial charge on any atom is 0.311 e. The van der Waals surface area contributed by atoms with Gasteiger partial charge in [0, 0.05) is 23.8 Å². The number of nitrogens with zero attached hydrogens (tertiary/aromatic N) is 1. The molecule has 0 aromatic carbocycles. The van der Waals surface area contributed by atoms with E-state index in [1.807, 2.05) is 18.7 Å². The number of aliphatic imine (C=N–C) groups is 1. The fourth-order valence-corrected chi connectivity index (χ4v) is 1.78. The fraction of sp³-hybridized carbons (Fsp3) is 0.750. The molecule has 0 atom stereocenters. The topological polar surface area (TPSA) is 38.7 Å². The van der Waals surface area contributed by atoms with E-state index in [1.54, 1.807) is 0 Å². The second-order valence-corrected chi connectivity index (χ2v) is 3.59. The smallest absolute Gasteiger partial charge is 0.311 e. The van der Waals surface area contributed by atoms with Gasteiger partial charge in [-0.05, 0) is 6.92 Å². The van der Waals surface area contributed by atoms with E-state index in [0.29, 0.717) is 13.0 Å². The van der Waals surface area contributed by atoms with Gasteiger partial charge in [0.05, 0.1) is 13.0 Å². The van der Waals surface area contributed by atoms with Crippen molar-refractivity contribution in [1.29, 1.82) is 0 Å². The zero-order valence-corrected chi connectivity index (χ0v) is 8.02. The van der Waals surface area contributed by atoms with Crippen LogP contribution in [-0.2, 0) is 9.53 Å². The summed E-state index contributed by atoms with van der Waals surface area (Å²) in [6.07, 6.45) is 0.376. The number of carbonyl (C=O) groups excluding carboxylic acids is 1. The number of carbonyl (C=O) groups is 1. The number of hydrogen-bond acceptors (Lipinski definition) is 4. The van der Waals surface area contributed by atoms with Crippen LogP contribution < -0.4 is 0 Å². The van der Waals surface area contributed by atoms with Gasteiger partial charge in [-0.1, -0.05) is 0 Å². The van der Waals surface area contributed by atoms with Crippen LogP contribution in [0.25, 0.3) is 0 Å². The molecule has 68 valence electrons. The van der Waals surface area contributed by atoms with Crippen LogP contribution in [0.5, 0.6) is 0 Å². The minimum atomic E-state index is -0.154. The quantitative estimate of drug-likeness (QED) is 0.622. The first-order valence-corrected chi connectivity index (χ1v) is 5.24. The van der Waals surface area contributed by atoms with Crippen molar-refractivity contribution in [1.82, 2.24) is 0 Å². The standard InChI is InChI=1S/C8H13NO2S/c1-2-11-8(10)5-7-6-12-4-3-9-7/h2-6H2,1H3.